The van der Waals surface area contributed by atoms with Gasteiger partial charge in [0, 0.05) is 31.1 Å². The van der Waals surface area contributed by atoms with E-state index in [1.165, 1.54) is 27.1 Å². The second kappa shape index (κ2) is 8.05. The Morgan fingerprint density at radius 3 is 1.97 bits per heavy atom. The van der Waals surface area contributed by atoms with Crippen molar-refractivity contribution < 1.29 is 0 Å². The van der Waals surface area contributed by atoms with Gasteiger partial charge in [0.2, 0.25) is 0 Å². The zero-order chi connectivity index (χ0) is 19.6. The number of fused-ring (bicyclic) bond motifs is 3. The molecule has 1 aliphatic carbocycles. The minimum Gasteiger partial charge on any atom is -0.294 e. The van der Waals surface area contributed by atoms with Crippen molar-refractivity contribution in [2.24, 2.45) is 5.10 Å². The largest absolute Gasteiger partial charge is 0.294 e. The molecule has 0 spiro atoms. The lowest BCUT2D eigenvalue weighted by molar-refractivity contribution is 0.114. The van der Waals surface area contributed by atoms with Gasteiger partial charge in [0.1, 0.15) is 0 Å². The molecule has 1 heterocycles. The third kappa shape index (κ3) is 3.59. The van der Waals surface area contributed by atoms with E-state index in [9.17, 15) is 0 Å². The lowest BCUT2D eigenvalue weighted by Gasteiger charge is -2.37. The van der Waals surface area contributed by atoms with Crippen LogP contribution in [-0.4, -0.2) is 48.6 Å². The molecule has 1 saturated heterocycles. The van der Waals surface area contributed by atoms with Gasteiger partial charge in [-0.3, -0.25) is 9.91 Å². The Kier molecular flexibility index (Phi) is 5.13. The Morgan fingerprint density at radius 1 is 0.793 bits per heavy atom. The highest BCUT2D eigenvalue weighted by Crippen LogP contribution is 2.46. The molecule has 3 nitrogen and oxygen atoms in total. The van der Waals surface area contributed by atoms with Crippen molar-refractivity contribution >= 4 is 18.0 Å². The molecule has 5 rings (SSSR count). The summed E-state index contributed by atoms with van der Waals surface area (Å²) in [6, 6.07) is 26.7. The summed E-state index contributed by atoms with van der Waals surface area (Å²) in [4.78, 5) is 3.90. The smallest absolute Gasteiger partial charge is 0.0615 e. The fourth-order valence-corrected chi connectivity index (χ4v) is 4.85. The van der Waals surface area contributed by atoms with Crippen LogP contribution < -0.4 is 0 Å². The predicted octanol–water partition coefficient (Wildman–Crippen LogP) is 5.13. The van der Waals surface area contributed by atoms with E-state index in [1.807, 2.05) is 6.21 Å². The molecule has 1 fully saturated rings. The molecule has 146 valence electrons. The normalized spacial score (nSPS) is 16.9. The van der Waals surface area contributed by atoms with E-state index < -0.39 is 0 Å². The van der Waals surface area contributed by atoms with Gasteiger partial charge < -0.3 is 0 Å². The number of benzene rings is 3. The maximum absolute atomic E-state index is 4.73. The Hall–Kier alpha value is -2.56. The molecule has 1 aliphatic heterocycles. The van der Waals surface area contributed by atoms with Gasteiger partial charge in [-0.25, -0.2) is 0 Å². The number of thioether (sulfide) groups is 1. The molecule has 3 aromatic rings. The summed E-state index contributed by atoms with van der Waals surface area (Å²) in [6.07, 6.45) is 4.09. The van der Waals surface area contributed by atoms with Crippen LogP contribution in [0.1, 0.15) is 22.7 Å². The van der Waals surface area contributed by atoms with Crippen LogP contribution in [0.25, 0.3) is 11.1 Å². The molecule has 0 atom stereocenters. The third-order valence-electron chi connectivity index (χ3n) is 5.94. The first kappa shape index (κ1) is 18.5. The monoisotopic (exact) mass is 399 g/mol. The number of hydrazone groups is 1. The van der Waals surface area contributed by atoms with Crippen molar-refractivity contribution in [2.75, 3.05) is 32.4 Å². The SMILES string of the molecule is CSc1ccc(/C=N/N2CCN(C3c4ccccc4-c4ccccc43)CC2)cc1. The van der Waals surface area contributed by atoms with Crippen LogP contribution >= 0.6 is 11.8 Å². The van der Waals surface area contributed by atoms with E-state index in [-0.39, 0.29) is 0 Å². The van der Waals surface area contributed by atoms with E-state index in [4.69, 9.17) is 5.10 Å². The van der Waals surface area contributed by atoms with Crippen LogP contribution in [0.15, 0.2) is 82.8 Å². The second-order valence-corrected chi connectivity index (χ2v) is 8.46. The van der Waals surface area contributed by atoms with Gasteiger partial charge >= 0.3 is 0 Å². The average molecular weight is 400 g/mol. The van der Waals surface area contributed by atoms with Crippen molar-refractivity contribution in [1.29, 1.82) is 0 Å². The molecule has 29 heavy (non-hydrogen) atoms. The summed E-state index contributed by atoms with van der Waals surface area (Å²) in [7, 11) is 0. The first-order valence-corrected chi connectivity index (χ1v) is 11.4. The summed E-state index contributed by atoms with van der Waals surface area (Å²) in [5.41, 5.74) is 6.83. The lowest BCUT2D eigenvalue weighted by atomic mass is 10.0. The maximum atomic E-state index is 4.73. The summed E-state index contributed by atoms with van der Waals surface area (Å²) in [6.45, 7) is 3.96. The van der Waals surface area contributed by atoms with E-state index in [0.717, 1.165) is 31.7 Å². The van der Waals surface area contributed by atoms with Crippen LogP contribution in [0.5, 0.6) is 0 Å². The zero-order valence-electron chi connectivity index (χ0n) is 16.7. The Bertz CT molecular complexity index is 975. The third-order valence-corrected chi connectivity index (χ3v) is 6.69. The second-order valence-electron chi connectivity index (χ2n) is 7.58. The molecule has 0 saturated carbocycles. The van der Waals surface area contributed by atoms with E-state index >= 15 is 0 Å². The van der Waals surface area contributed by atoms with Gasteiger partial charge in [-0.05, 0) is 46.2 Å². The molecule has 0 unspecified atom stereocenters. The summed E-state index contributed by atoms with van der Waals surface area (Å²) < 4.78 is 0. The van der Waals surface area contributed by atoms with Gasteiger partial charge in [-0.2, -0.15) is 5.10 Å². The predicted molar refractivity (Wildman–Crippen MR) is 123 cm³/mol. The number of rotatable bonds is 4. The topological polar surface area (TPSA) is 18.8 Å². The first-order valence-electron chi connectivity index (χ1n) is 10.2. The molecule has 0 radical (unpaired) electrons. The molecule has 0 amide bonds. The average Bonchev–Trinajstić information content (AvgIpc) is 3.13. The Balaban J connectivity index is 1.29. The van der Waals surface area contributed by atoms with Crippen LogP contribution in [-0.2, 0) is 0 Å². The van der Waals surface area contributed by atoms with Crippen molar-refractivity contribution in [2.45, 2.75) is 10.9 Å². The molecule has 0 bridgehead atoms. The molecule has 4 heteroatoms. The molecular weight excluding hydrogens is 374 g/mol. The van der Waals surface area contributed by atoms with Crippen LogP contribution in [0, 0.1) is 0 Å². The van der Waals surface area contributed by atoms with Gasteiger partial charge in [0.25, 0.3) is 0 Å². The number of nitrogens with zero attached hydrogens (tertiary/aromatic N) is 3. The van der Waals surface area contributed by atoms with Crippen LogP contribution in [0.3, 0.4) is 0 Å². The van der Waals surface area contributed by atoms with Crippen molar-refractivity contribution in [3.05, 3.63) is 89.5 Å². The minimum atomic E-state index is 0.368. The van der Waals surface area contributed by atoms with Crippen LogP contribution in [0.2, 0.25) is 0 Å². The number of hydrogen-bond acceptors (Lipinski definition) is 4. The van der Waals surface area contributed by atoms with Gasteiger partial charge in [0.15, 0.2) is 0 Å². The molecule has 3 aromatic carbocycles. The Labute approximate surface area is 177 Å². The highest BCUT2D eigenvalue weighted by atomic mass is 32.2. The van der Waals surface area contributed by atoms with E-state index in [0.29, 0.717) is 6.04 Å². The quantitative estimate of drug-likeness (QED) is 0.448. The maximum Gasteiger partial charge on any atom is 0.0615 e. The lowest BCUT2D eigenvalue weighted by Crippen LogP contribution is -2.45. The standard InChI is InChI=1S/C25H25N3S/c1-29-20-12-10-19(11-13-20)18-26-28-16-14-27(15-17-28)25-23-8-4-2-6-21(23)22-7-3-5-9-24(22)25/h2-13,18,25H,14-17H2,1H3/b26-18+. The van der Waals surface area contributed by atoms with E-state index in [1.54, 1.807) is 11.8 Å². The fraction of sp³-hybridized carbons (Fsp3) is 0.240. The molecular formula is C25H25N3S. The van der Waals surface area contributed by atoms with Crippen LogP contribution in [0.4, 0.5) is 0 Å². The highest BCUT2D eigenvalue weighted by Gasteiger charge is 2.33. The van der Waals surface area contributed by atoms with E-state index in [2.05, 4.69) is 89.0 Å². The number of hydrogen-bond donors (Lipinski definition) is 0. The zero-order valence-corrected chi connectivity index (χ0v) is 17.5. The van der Waals surface area contributed by atoms with Crippen molar-refractivity contribution in [3.63, 3.8) is 0 Å². The first-order chi connectivity index (χ1) is 14.3. The highest BCUT2D eigenvalue weighted by molar-refractivity contribution is 7.98. The molecule has 0 N–H and O–H groups in total. The van der Waals surface area contributed by atoms with Crippen molar-refractivity contribution in [1.82, 2.24) is 9.91 Å². The van der Waals surface area contributed by atoms with Crippen molar-refractivity contribution in [3.8, 4) is 11.1 Å². The minimum absolute atomic E-state index is 0.368. The summed E-state index contributed by atoms with van der Waals surface area (Å²) in [5, 5.41) is 6.93. The van der Waals surface area contributed by atoms with Gasteiger partial charge in [-0.15, -0.1) is 11.8 Å². The Morgan fingerprint density at radius 2 is 1.38 bits per heavy atom. The number of piperazine rings is 1. The van der Waals surface area contributed by atoms with Gasteiger partial charge in [-0.1, -0.05) is 60.7 Å². The summed E-state index contributed by atoms with van der Waals surface area (Å²) >= 11 is 1.77. The summed E-state index contributed by atoms with van der Waals surface area (Å²) in [5.74, 6) is 0. The molecule has 0 aromatic heterocycles. The fourth-order valence-electron chi connectivity index (χ4n) is 4.45. The van der Waals surface area contributed by atoms with Gasteiger partial charge in [0.05, 0.1) is 12.3 Å². The molecule has 2 aliphatic rings.